The van der Waals surface area contributed by atoms with E-state index in [0.29, 0.717) is 0 Å². The minimum Gasteiger partial charge on any atom is -0.480 e. The van der Waals surface area contributed by atoms with Gasteiger partial charge in [-0.3, -0.25) is 19.2 Å². The standard InChI is InChI=1S/C21H30N2O12S/c1-9(24)6-7-14(20(29)30)22-21(36)23-19-18(34-13(5)28)17(33-12(4)27)16(32-11(3)26)15(35-19)8-31-10(2)25/h14-19H,6-8H2,1-5H3,(H,29,30)(H2,22,23,36)/t14-,15+,16+,17-,18+,19+/m0/s1. The van der Waals surface area contributed by atoms with Crippen LogP contribution in [0.3, 0.4) is 0 Å². The second kappa shape index (κ2) is 14.3. The smallest absolute Gasteiger partial charge is 0.326 e. The minimum absolute atomic E-state index is 0.0222. The first kappa shape index (κ1) is 30.7. The number of rotatable bonds is 11. The third kappa shape index (κ3) is 10.5. The summed E-state index contributed by atoms with van der Waals surface area (Å²) < 4.78 is 26.6. The Hall–Kier alpha value is -3.33. The maximum atomic E-state index is 11.8. The third-order valence-corrected chi connectivity index (χ3v) is 4.89. The van der Waals surface area contributed by atoms with Crippen molar-refractivity contribution in [2.45, 2.75) is 84.1 Å². The van der Waals surface area contributed by atoms with Crippen LogP contribution in [0.15, 0.2) is 0 Å². The number of hydrogen-bond donors (Lipinski definition) is 3. The predicted octanol–water partition coefficient (Wildman–Crippen LogP) is -0.644. The number of carboxylic acids is 1. The summed E-state index contributed by atoms with van der Waals surface area (Å²) in [7, 11) is 0. The van der Waals surface area contributed by atoms with Gasteiger partial charge in [-0.05, 0) is 25.6 Å². The molecule has 0 spiro atoms. The zero-order chi connectivity index (χ0) is 27.6. The largest absolute Gasteiger partial charge is 0.480 e. The number of ketones is 1. The highest BCUT2D eigenvalue weighted by Gasteiger charge is 2.52. The van der Waals surface area contributed by atoms with Crippen molar-refractivity contribution >= 4 is 53.0 Å². The van der Waals surface area contributed by atoms with Gasteiger partial charge in [-0.25, -0.2) is 4.79 Å². The molecule has 0 saturated carbocycles. The van der Waals surface area contributed by atoms with Gasteiger partial charge in [0.1, 0.15) is 24.5 Å². The molecule has 0 amide bonds. The van der Waals surface area contributed by atoms with Crippen molar-refractivity contribution in [2.24, 2.45) is 0 Å². The number of Topliss-reactive ketones (excluding diaryl/α,β-unsaturated/α-hetero) is 1. The maximum Gasteiger partial charge on any atom is 0.326 e. The molecule has 36 heavy (non-hydrogen) atoms. The Labute approximate surface area is 212 Å². The molecule has 0 bridgehead atoms. The lowest BCUT2D eigenvalue weighted by Crippen LogP contribution is -2.67. The highest BCUT2D eigenvalue weighted by Crippen LogP contribution is 2.28. The third-order valence-electron chi connectivity index (χ3n) is 4.65. The Morgan fingerprint density at radius 2 is 1.39 bits per heavy atom. The normalized spacial score (nSPS) is 23.9. The molecule has 0 aromatic carbocycles. The fourth-order valence-corrected chi connectivity index (χ4v) is 3.54. The van der Waals surface area contributed by atoms with Gasteiger partial charge < -0.3 is 44.2 Å². The Morgan fingerprint density at radius 1 is 0.861 bits per heavy atom. The molecule has 1 fully saturated rings. The van der Waals surface area contributed by atoms with E-state index >= 15 is 0 Å². The minimum atomic E-state index is -1.43. The molecular weight excluding hydrogens is 504 g/mol. The fraction of sp³-hybridized carbons (Fsp3) is 0.667. The van der Waals surface area contributed by atoms with E-state index in [1.54, 1.807) is 0 Å². The van der Waals surface area contributed by atoms with E-state index in [4.69, 9.17) is 35.9 Å². The van der Waals surface area contributed by atoms with Crippen LogP contribution in [0.2, 0.25) is 0 Å². The van der Waals surface area contributed by atoms with E-state index in [9.17, 15) is 33.9 Å². The molecular formula is C21H30N2O12S. The number of nitrogens with one attached hydrogen (secondary N) is 2. The molecule has 1 aliphatic heterocycles. The van der Waals surface area contributed by atoms with Crippen LogP contribution in [-0.2, 0) is 52.5 Å². The van der Waals surface area contributed by atoms with Crippen molar-refractivity contribution in [2.75, 3.05) is 6.61 Å². The lowest BCUT2D eigenvalue weighted by molar-refractivity contribution is -0.254. The number of hydrogen-bond acceptors (Lipinski definition) is 12. The number of esters is 4. The topological polar surface area (TPSA) is 193 Å². The molecule has 1 rings (SSSR count). The SMILES string of the molecule is CC(=O)CC[C@H](NC(=S)N[C@@H]1O[C@H](COC(C)=O)[C@@H](OC(C)=O)[C@H](OC(C)=O)[C@H]1OC(C)=O)C(=O)O. The van der Waals surface area contributed by atoms with Gasteiger partial charge >= 0.3 is 29.8 Å². The highest BCUT2D eigenvalue weighted by molar-refractivity contribution is 7.80. The first-order chi connectivity index (χ1) is 16.7. The van der Waals surface area contributed by atoms with Crippen molar-refractivity contribution in [1.82, 2.24) is 10.6 Å². The summed E-state index contributed by atoms with van der Waals surface area (Å²) in [5.74, 6) is -4.58. The summed E-state index contributed by atoms with van der Waals surface area (Å²) in [5, 5.41) is 14.3. The van der Waals surface area contributed by atoms with Gasteiger partial charge in [0.2, 0.25) is 0 Å². The van der Waals surface area contributed by atoms with Crippen LogP contribution in [0.1, 0.15) is 47.5 Å². The summed E-state index contributed by atoms with van der Waals surface area (Å²) in [6.45, 7) is 5.25. The molecule has 1 aliphatic rings. The van der Waals surface area contributed by atoms with E-state index in [1.807, 2.05) is 0 Å². The van der Waals surface area contributed by atoms with E-state index in [0.717, 1.165) is 27.7 Å². The average molecular weight is 535 g/mol. The second-order valence-corrected chi connectivity index (χ2v) is 8.28. The first-order valence-corrected chi connectivity index (χ1v) is 11.2. The number of ether oxygens (including phenoxy) is 5. The van der Waals surface area contributed by atoms with Crippen molar-refractivity contribution < 1.29 is 57.6 Å². The van der Waals surface area contributed by atoms with E-state index in [2.05, 4.69) is 10.6 Å². The zero-order valence-electron chi connectivity index (χ0n) is 20.4. The Kier molecular flexibility index (Phi) is 12.2. The Morgan fingerprint density at radius 3 is 1.86 bits per heavy atom. The number of aliphatic carboxylic acids is 1. The summed E-state index contributed by atoms with van der Waals surface area (Å²) >= 11 is 5.18. The van der Waals surface area contributed by atoms with Crippen molar-refractivity contribution in [3.63, 3.8) is 0 Å². The van der Waals surface area contributed by atoms with Gasteiger partial charge in [0.15, 0.2) is 29.7 Å². The summed E-state index contributed by atoms with van der Waals surface area (Å²) in [6, 6.07) is -1.24. The number of carbonyl (C=O) groups excluding carboxylic acids is 5. The van der Waals surface area contributed by atoms with Crippen LogP contribution in [0.5, 0.6) is 0 Å². The average Bonchev–Trinajstić information content (AvgIpc) is 2.72. The maximum absolute atomic E-state index is 11.8. The second-order valence-electron chi connectivity index (χ2n) is 7.87. The fourth-order valence-electron chi connectivity index (χ4n) is 3.28. The van der Waals surface area contributed by atoms with Crippen LogP contribution in [0.4, 0.5) is 0 Å². The van der Waals surface area contributed by atoms with E-state index in [1.165, 1.54) is 6.92 Å². The predicted molar refractivity (Wildman–Crippen MR) is 122 cm³/mol. The van der Waals surface area contributed by atoms with Crippen LogP contribution < -0.4 is 10.6 Å². The summed E-state index contributed by atoms with van der Waals surface area (Å²) in [4.78, 5) is 69.6. The van der Waals surface area contributed by atoms with E-state index in [-0.39, 0.29) is 23.7 Å². The lowest BCUT2D eigenvalue weighted by Gasteiger charge is -2.44. The van der Waals surface area contributed by atoms with Gasteiger partial charge in [-0.2, -0.15) is 0 Å². The van der Waals surface area contributed by atoms with Gasteiger partial charge in [0.25, 0.3) is 0 Å². The molecule has 1 saturated heterocycles. The molecule has 3 N–H and O–H groups in total. The molecule has 0 radical (unpaired) electrons. The van der Waals surface area contributed by atoms with Crippen LogP contribution in [-0.4, -0.2) is 89.1 Å². The van der Waals surface area contributed by atoms with Gasteiger partial charge in [0.05, 0.1) is 0 Å². The molecule has 0 aromatic heterocycles. The van der Waals surface area contributed by atoms with Crippen LogP contribution in [0.25, 0.3) is 0 Å². The van der Waals surface area contributed by atoms with Gasteiger partial charge in [-0.15, -0.1) is 0 Å². The number of carboxylic acid groups (broad SMARTS) is 1. The molecule has 0 unspecified atom stereocenters. The van der Waals surface area contributed by atoms with Crippen molar-refractivity contribution in [3.05, 3.63) is 0 Å². The van der Waals surface area contributed by atoms with Crippen LogP contribution in [0, 0.1) is 0 Å². The molecule has 202 valence electrons. The number of thiocarbonyl (C=S) groups is 1. The zero-order valence-corrected chi connectivity index (χ0v) is 21.2. The molecule has 0 aliphatic carbocycles. The monoisotopic (exact) mass is 534 g/mol. The number of carbonyl (C=O) groups is 6. The van der Waals surface area contributed by atoms with Crippen molar-refractivity contribution in [1.29, 1.82) is 0 Å². The molecule has 1 heterocycles. The van der Waals surface area contributed by atoms with Crippen LogP contribution >= 0.6 is 12.2 Å². The van der Waals surface area contributed by atoms with Gasteiger partial charge in [-0.1, -0.05) is 0 Å². The Balaban J connectivity index is 3.28. The van der Waals surface area contributed by atoms with Gasteiger partial charge in [0, 0.05) is 34.1 Å². The molecule has 14 nitrogen and oxygen atoms in total. The molecule has 0 aromatic rings. The molecule has 6 atom stereocenters. The Bertz CT molecular complexity index is 879. The van der Waals surface area contributed by atoms with E-state index < -0.39 is 73.1 Å². The summed E-state index contributed by atoms with van der Waals surface area (Å²) in [5.41, 5.74) is 0. The van der Waals surface area contributed by atoms with Crippen molar-refractivity contribution in [3.8, 4) is 0 Å². The highest BCUT2D eigenvalue weighted by atomic mass is 32.1. The molecule has 15 heteroatoms. The lowest BCUT2D eigenvalue weighted by atomic mass is 9.97. The quantitative estimate of drug-likeness (QED) is 0.172. The summed E-state index contributed by atoms with van der Waals surface area (Å²) in [6.07, 6.45) is -6.86. The first-order valence-electron chi connectivity index (χ1n) is 10.8.